The number of nitrogens with zero attached hydrogens (tertiary/aromatic N) is 6. The molecule has 0 unspecified atom stereocenters. The number of benzene rings is 4. The van der Waals surface area contributed by atoms with Crippen LogP contribution in [0.25, 0.3) is 45.7 Å². The Bertz CT molecular complexity index is 2060. The van der Waals surface area contributed by atoms with E-state index in [0.717, 1.165) is 28.9 Å². The highest BCUT2D eigenvalue weighted by Gasteiger charge is 2.18. The van der Waals surface area contributed by atoms with Crippen molar-refractivity contribution in [3.8, 4) is 28.7 Å². The van der Waals surface area contributed by atoms with Crippen molar-refractivity contribution >= 4 is 23.1 Å². The maximum Gasteiger partial charge on any atom is 0.266 e. The normalized spacial score (nSPS) is 11.7. The fourth-order valence-electron chi connectivity index (χ4n) is 4.94. The van der Waals surface area contributed by atoms with Crippen LogP contribution in [0.5, 0.6) is 0 Å². The third kappa shape index (κ3) is 5.51. The van der Waals surface area contributed by atoms with Gasteiger partial charge in [-0.2, -0.15) is 5.26 Å². The Hall–Kier alpha value is -5.61. The van der Waals surface area contributed by atoms with Crippen LogP contribution >= 0.6 is 0 Å². The van der Waals surface area contributed by atoms with Gasteiger partial charge in [-0.05, 0) is 71.5 Å². The second-order valence-electron chi connectivity index (χ2n) is 11.1. The highest BCUT2D eigenvalue weighted by molar-refractivity contribution is 5.80. The van der Waals surface area contributed by atoms with E-state index in [1.165, 1.54) is 5.56 Å². The van der Waals surface area contributed by atoms with Gasteiger partial charge in [-0.1, -0.05) is 86.7 Å². The molecule has 210 valence electrons. The second-order valence-corrected chi connectivity index (χ2v) is 11.1. The molecule has 0 saturated carbocycles. The van der Waals surface area contributed by atoms with Crippen LogP contribution in [0.1, 0.15) is 49.7 Å². The Kier molecular flexibility index (Phi) is 7.27. The molecule has 6 rings (SSSR count). The van der Waals surface area contributed by atoms with Gasteiger partial charge in [-0.25, -0.2) is 9.67 Å². The lowest BCUT2D eigenvalue weighted by Gasteiger charge is -2.23. The molecule has 0 N–H and O–H groups in total. The molecular formula is C36H30N6O. The minimum Gasteiger partial charge on any atom is -0.268 e. The van der Waals surface area contributed by atoms with Crippen LogP contribution in [-0.4, -0.2) is 24.5 Å². The van der Waals surface area contributed by atoms with E-state index in [0.29, 0.717) is 28.0 Å². The van der Waals surface area contributed by atoms with Crippen molar-refractivity contribution in [1.82, 2.24) is 24.5 Å². The lowest BCUT2D eigenvalue weighted by molar-refractivity contribution is 0.506. The summed E-state index contributed by atoms with van der Waals surface area (Å²) in [7, 11) is 0. The molecule has 0 spiro atoms. The van der Waals surface area contributed by atoms with Gasteiger partial charge in [0.15, 0.2) is 0 Å². The van der Waals surface area contributed by atoms with Gasteiger partial charge < -0.3 is 0 Å². The van der Waals surface area contributed by atoms with E-state index in [9.17, 15) is 4.79 Å². The van der Waals surface area contributed by atoms with Gasteiger partial charge in [0.1, 0.15) is 11.5 Å². The lowest BCUT2D eigenvalue weighted by Crippen LogP contribution is -2.22. The summed E-state index contributed by atoms with van der Waals surface area (Å²) < 4.78 is 3.33. The summed E-state index contributed by atoms with van der Waals surface area (Å²) in [5.74, 6) is 0.486. The van der Waals surface area contributed by atoms with Crippen LogP contribution in [-0.2, 0) is 5.41 Å². The average Bonchev–Trinajstić information content (AvgIpc) is 3.55. The van der Waals surface area contributed by atoms with E-state index >= 15 is 0 Å². The van der Waals surface area contributed by atoms with Crippen LogP contribution in [0.15, 0.2) is 108 Å². The predicted octanol–water partition coefficient (Wildman–Crippen LogP) is 7.36. The quantitative estimate of drug-likeness (QED) is 0.203. The monoisotopic (exact) mass is 562 g/mol. The van der Waals surface area contributed by atoms with Crippen LogP contribution in [0.2, 0.25) is 0 Å². The van der Waals surface area contributed by atoms with Gasteiger partial charge in [-0.15, -0.1) is 5.10 Å². The van der Waals surface area contributed by atoms with E-state index in [1.54, 1.807) is 27.4 Å². The first kappa shape index (κ1) is 27.6. The summed E-state index contributed by atoms with van der Waals surface area (Å²) >= 11 is 0. The first-order valence-corrected chi connectivity index (χ1v) is 14.2. The maximum absolute atomic E-state index is 13.8. The summed E-state index contributed by atoms with van der Waals surface area (Å²) in [6.45, 7) is 6.69. The van der Waals surface area contributed by atoms with E-state index in [4.69, 9.17) is 10.2 Å². The van der Waals surface area contributed by atoms with Gasteiger partial charge >= 0.3 is 0 Å². The van der Waals surface area contributed by atoms with E-state index in [2.05, 4.69) is 61.4 Å². The number of nitriles is 1. The molecule has 0 bridgehead atoms. The van der Waals surface area contributed by atoms with Gasteiger partial charge in [0.2, 0.25) is 0 Å². The number of aromatic nitrogens is 5. The Morgan fingerprint density at radius 2 is 1.63 bits per heavy atom. The zero-order valence-electron chi connectivity index (χ0n) is 24.3. The molecule has 6 aromatic rings. The number of fused-ring (bicyclic) bond motifs is 1. The third-order valence-corrected chi connectivity index (χ3v) is 7.96. The van der Waals surface area contributed by atoms with Crippen LogP contribution in [0.3, 0.4) is 0 Å². The van der Waals surface area contributed by atoms with E-state index in [1.807, 2.05) is 72.9 Å². The standard InChI is InChI=1S/C36H30N6O/c1-4-36(2,3)28-19-17-27(18-20-28)33-24-41(40-39-33)29-8-7-9-30(22-29)42-34(21-16-25-12-14-26(23-37)15-13-25)38-32-11-6-5-10-31(32)35(42)43/h5-22,24H,4H2,1-3H3/b21-16+. The van der Waals surface area contributed by atoms with Gasteiger partial charge in [0.05, 0.1) is 40.1 Å². The highest BCUT2D eigenvalue weighted by Crippen LogP contribution is 2.29. The molecule has 0 saturated heterocycles. The molecule has 4 aromatic carbocycles. The summed E-state index contributed by atoms with van der Waals surface area (Å²) in [5, 5.41) is 18.5. The summed E-state index contributed by atoms with van der Waals surface area (Å²) in [4.78, 5) is 18.6. The Morgan fingerprint density at radius 1 is 0.884 bits per heavy atom. The molecule has 0 radical (unpaired) electrons. The average molecular weight is 563 g/mol. The van der Waals surface area contributed by atoms with Crippen molar-refractivity contribution < 1.29 is 0 Å². The Balaban J connectivity index is 1.38. The minimum absolute atomic E-state index is 0.113. The van der Waals surface area contributed by atoms with Crippen LogP contribution in [0, 0.1) is 11.3 Å². The van der Waals surface area contributed by atoms with Crippen molar-refractivity contribution in [2.75, 3.05) is 0 Å². The summed E-state index contributed by atoms with van der Waals surface area (Å²) in [6, 6.07) is 32.8. The van der Waals surface area contributed by atoms with Crippen molar-refractivity contribution in [3.63, 3.8) is 0 Å². The molecule has 7 heteroatoms. The topological polar surface area (TPSA) is 89.4 Å². The van der Waals surface area contributed by atoms with Crippen molar-refractivity contribution in [1.29, 1.82) is 5.26 Å². The smallest absolute Gasteiger partial charge is 0.266 e. The molecule has 0 atom stereocenters. The minimum atomic E-state index is -0.170. The van der Waals surface area contributed by atoms with Crippen molar-refractivity contribution in [3.05, 3.63) is 136 Å². The molecule has 43 heavy (non-hydrogen) atoms. The molecule has 0 aliphatic heterocycles. The van der Waals surface area contributed by atoms with E-state index < -0.39 is 0 Å². The molecule has 2 aromatic heterocycles. The first-order chi connectivity index (χ1) is 20.9. The molecule has 2 heterocycles. The molecule has 0 fully saturated rings. The third-order valence-electron chi connectivity index (χ3n) is 7.96. The lowest BCUT2D eigenvalue weighted by atomic mass is 9.82. The number of rotatable bonds is 7. The zero-order chi connectivity index (χ0) is 30.0. The zero-order valence-corrected chi connectivity index (χ0v) is 24.3. The predicted molar refractivity (Wildman–Crippen MR) is 171 cm³/mol. The summed E-state index contributed by atoms with van der Waals surface area (Å²) in [5.41, 5.74) is 6.51. The SMILES string of the molecule is CCC(C)(C)c1ccc(-c2cn(-c3cccc(-n4c(/C=C/c5ccc(C#N)cc5)nc5ccccc5c4=O)c3)nn2)cc1. The highest BCUT2D eigenvalue weighted by atomic mass is 16.1. The van der Waals surface area contributed by atoms with Gasteiger partial charge in [0, 0.05) is 5.56 Å². The largest absolute Gasteiger partial charge is 0.268 e. The fourth-order valence-corrected chi connectivity index (χ4v) is 4.94. The second kappa shape index (κ2) is 11.3. The van der Waals surface area contributed by atoms with Crippen molar-refractivity contribution in [2.45, 2.75) is 32.6 Å². The van der Waals surface area contributed by atoms with Crippen LogP contribution < -0.4 is 5.56 Å². The number of hydrogen-bond acceptors (Lipinski definition) is 5. The molecule has 7 nitrogen and oxygen atoms in total. The fraction of sp³-hybridized carbons (Fsp3) is 0.139. The van der Waals surface area contributed by atoms with E-state index in [-0.39, 0.29) is 11.0 Å². The van der Waals surface area contributed by atoms with Crippen LogP contribution in [0.4, 0.5) is 0 Å². The number of hydrogen-bond donors (Lipinski definition) is 0. The van der Waals surface area contributed by atoms with Crippen molar-refractivity contribution in [2.24, 2.45) is 0 Å². The van der Waals surface area contributed by atoms with Gasteiger partial charge in [-0.3, -0.25) is 9.36 Å². The Labute approximate surface area is 250 Å². The molecule has 0 aliphatic rings. The van der Waals surface area contributed by atoms with Gasteiger partial charge in [0.25, 0.3) is 5.56 Å². The number of para-hydroxylation sites is 1. The Morgan fingerprint density at radius 3 is 2.37 bits per heavy atom. The molecule has 0 amide bonds. The maximum atomic E-state index is 13.8. The first-order valence-electron chi connectivity index (χ1n) is 14.2. The molecule has 0 aliphatic carbocycles. The summed E-state index contributed by atoms with van der Waals surface area (Å²) in [6.07, 6.45) is 6.65. The molecular weight excluding hydrogens is 532 g/mol.